The van der Waals surface area contributed by atoms with Crippen molar-refractivity contribution in [3.63, 3.8) is 0 Å². The Hall–Kier alpha value is -1.16. The number of aryl methyl sites for hydroxylation is 3. The highest BCUT2D eigenvalue weighted by atomic mass is 32.1. The van der Waals surface area contributed by atoms with Gasteiger partial charge in [-0.05, 0) is 25.8 Å². The summed E-state index contributed by atoms with van der Waals surface area (Å²) in [5, 5.41) is 4.39. The average molecular weight is 249 g/mol. The molecule has 0 amide bonds. The maximum atomic E-state index is 4.67. The Morgan fingerprint density at radius 3 is 2.65 bits per heavy atom. The van der Waals surface area contributed by atoms with Crippen molar-refractivity contribution in [2.75, 3.05) is 12.4 Å². The van der Waals surface area contributed by atoms with E-state index < -0.39 is 0 Å². The molecule has 92 valence electrons. The Morgan fingerprint density at radius 2 is 2.00 bits per heavy atom. The lowest BCUT2D eigenvalue weighted by atomic mass is 10.2. The van der Waals surface area contributed by atoms with Gasteiger partial charge >= 0.3 is 0 Å². The van der Waals surface area contributed by atoms with E-state index in [1.54, 1.807) is 11.3 Å². The number of nitrogens with zero attached hydrogens (tertiary/aromatic N) is 2. The molecule has 2 aromatic rings. The molecule has 0 fully saturated rings. The fraction of sp³-hybridized carbons (Fsp3) is 0.538. The maximum Gasteiger partial charge on any atom is 0.138 e. The summed E-state index contributed by atoms with van der Waals surface area (Å²) in [6.45, 7) is 6.48. The van der Waals surface area contributed by atoms with Crippen molar-refractivity contribution in [3.05, 3.63) is 16.3 Å². The fourth-order valence-corrected chi connectivity index (χ4v) is 2.97. The third kappa shape index (κ3) is 2.27. The quantitative estimate of drug-likeness (QED) is 0.898. The molecule has 0 saturated carbocycles. The molecule has 0 radical (unpaired) electrons. The van der Waals surface area contributed by atoms with Crippen LogP contribution in [0.1, 0.15) is 36.0 Å². The van der Waals surface area contributed by atoms with Crippen LogP contribution in [0.2, 0.25) is 0 Å². The zero-order chi connectivity index (χ0) is 12.4. The molecular formula is C13H19N3S. The van der Waals surface area contributed by atoms with Gasteiger partial charge < -0.3 is 5.32 Å². The van der Waals surface area contributed by atoms with Crippen LogP contribution in [0.4, 0.5) is 5.82 Å². The first-order chi connectivity index (χ1) is 8.17. The van der Waals surface area contributed by atoms with E-state index >= 15 is 0 Å². The van der Waals surface area contributed by atoms with Crippen LogP contribution in [-0.2, 0) is 6.42 Å². The smallest absolute Gasteiger partial charge is 0.138 e. The lowest BCUT2D eigenvalue weighted by Gasteiger charge is -2.05. The molecule has 0 aromatic carbocycles. The molecule has 17 heavy (non-hydrogen) atoms. The highest BCUT2D eigenvalue weighted by Gasteiger charge is 2.13. The Kier molecular flexibility index (Phi) is 3.62. The first-order valence-electron chi connectivity index (χ1n) is 6.11. The number of unbranched alkanes of at least 4 members (excludes halogenated alkanes) is 1. The summed E-state index contributed by atoms with van der Waals surface area (Å²) in [5.41, 5.74) is 1.30. The van der Waals surface area contributed by atoms with E-state index in [2.05, 4.69) is 36.1 Å². The molecule has 0 unspecified atom stereocenters. The molecule has 0 aliphatic carbocycles. The Bertz CT molecular complexity index is 531. The van der Waals surface area contributed by atoms with Crippen molar-refractivity contribution in [1.82, 2.24) is 9.97 Å². The minimum absolute atomic E-state index is 0.963. The summed E-state index contributed by atoms with van der Waals surface area (Å²) in [6, 6.07) is 0. The molecule has 0 bridgehead atoms. The van der Waals surface area contributed by atoms with Crippen molar-refractivity contribution in [2.45, 2.75) is 40.0 Å². The summed E-state index contributed by atoms with van der Waals surface area (Å²) >= 11 is 1.76. The molecule has 0 atom stereocenters. The standard InChI is InChI=1S/C13H19N3S/c1-5-6-7-10-15-12(14-4)11-8(2)9(3)17-13(11)16-10/h5-7H2,1-4H3,(H,14,15,16). The number of hydrogen-bond donors (Lipinski definition) is 1. The van der Waals surface area contributed by atoms with Gasteiger partial charge in [-0.1, -0.05) is 13.3 Å². The Balaban J connectivity index is 2.54. The predicted octanol–water partition coefficient (Wildman–Crippen LogP) is 3.69. The van der Waals surface area contributed by atoms with E-state index in [1.807, 2.05) is 7.05 Å². The molecule has 1 N–H and O–H groups in total. The number of nitrogens with one attached hydrogen (secondary N) is 1. The zero-order valence-corrected chi connectivity index (χ0v) is 11.7. The summed E-state index contributed by atoms with van der Waals surface area (Å²) < 4.78 is 0. The van der Waals surface area contributed by atoms with Crippen molar-refractivity contribution in [1.29, 1.82) is 0 Å². The minimum atomic E-state index is 0.963. The SMILES string of the molecule is CCCCc1nc(NC)c2c(C)c(C)sc2n1. The second kappa shape index (κ2) is 5.00. The Labute approximate surface area is 106 Å². The highest BCUT2D eigenvalue weighted by Crippen LogP contribution is 2.33. The first kappa shape index (κ1) is 12.3. The molecule has 4 heteroatoms. The summed E-state index contributed by atoms with van der Waals surface area (Å²) in [4.78, 5) is 11.7. The van der Waals surface area contributed by atoms with Crippen molar-refractivity contribution in [3.8, 4) is 0 Å². The van der Waals surface area contributed by atoms with Crippen LogP contribution in [0.25, 0.3) is 10.2 Å². The van der Waals surface area contributed by atoms with Crippen LogP contribution in [0.5, 0.6) is 0 Å². The van der Waals surface area contributed by atoms with E-state index in [0.717, 1.165) is 29.3 Å². The molecule has 0 spiro atoms. The molecule has 0 aliphatic rings. The van der Waals surface area contributed by atoms with E-state index in [9.17, 15) is 0 Å². The number of hydrogen-bond acceptors (Lipinski definition) is 4. The van der Waals surface area contributed by atoms with Crippen molar-refractivity contribution >= 4 is 27.4 Å². The number of fused-ring (bicyclic) bond motifs is 1. The van der Waals surface area contributed by atoms with Gasteiger partial charge in [0, 0.05) is 18.3 Å². The van der Waals surface area contributed by atoms with Crippen LogP contribution in [0.3, 0.4) is 0 Å². The van der Waals surface area contributed by atoms with Gasteiger partial charge in [0.15, 0.2) is 0 Å². The van der Waals surface area contributed by atoms with Gasteiger partial charge in [-0.25, -0.2) is 9.97 Å². The largest absolute Gasteiger partial charge is 0.372 e. The van der Waals surface area contributed by atoms with Gasteiger partial charge in [0.05, 0.1) is 5.39 Å². The highest BCUT2D eigenvalue weighted by molar-refractivity contribution is 7.18. The molecule has 0 aliphatic heterocycles. The van der Waals surface area contributed by atoms with E-state index in [0.29, 0.717) is 0 Å². The monoisotopic (exact) mass is 249 g/mol. The Morgan fingerprint density at radius 1 is 1.24 bits per heavy atom. The fourth-order valence-electron chi connectivity index (χ4n) is 1.92. The second-order valence-corrected chi connectivity index (χ2v) is 5.51. The molecule has 2 heterocycles. The maximum absolute atomic E-state index is 4.67. The third-order valence-electron chi connectivity index (χ3n) is 3.07. The van der Waals surface area contributed by atoms with Gasteiger partial charge in [0.2, 0.25) is 0 Å². The van der Waals surface area contributed by atoms with Crippen molar-refractivity contribution in [2.24, 2.45) is 0 Å². The van der Waals surface area contributed by atoms with Crippen LogP contribution in [0.15, 0.2) is 0 Å². The zero-order valence-electron chi connectivity index (χ0n) is 10.9. The topological polar surface area (TPSA) is 37.8 Å². The van der Waals surface area contributed by atoms with Crippen LogP contribution in [-0.4, -0.2) is 17.0 Å². The number of thiophene rings is 1. The van der Waals surface area contributed by atoms with Crippen LogP contribution >= 0.6 is 11.3 Å². The van der Waals surface area contributed by atoms with Crippen molar-refractivity contribution < 1.29 is 0 Å². The molecule has 2 rings (SSSR count). The normalized spacial score (nSPS) is 11.1. The molecule has 3 nitrogen and oxygen atoms in total. The van der Waals surface area contributed by atoms with Gasteiger partial charge in [-0.2, -0.15) is 0 Å². The number of aromatic nitrogens is 2. The summed E-state index contributed by atoms with van der Waals surface area (Å²) in [7, 11) is 1.93. The van der Waals surface area contributed by atoms with E-state index in [1.165, 1.54) is 22.2 Å². The lowest BCUT2D eigenvalue weighted by molar-refractivity contribution is 0.758. The lowest BCUT2D eigenvalue weighted by Crippen LogP contribution is -2.01. The van der Waals surface area contributed by atoms with Crippen LogP contribution < -0.4 is 5.32 Å². The molecule has 2 aromatic heterocycles. The summed E-state index contributed by atoms with van der Waals surface area (Å²) in [6.07, 6.45) is 3.30. The number of rotatable bonds is 4. The van der Waals surface area contributed by atoms with Crippen LogP contribution in [0, 0.1) is 13.8 Å². The third-order valence-corrected chi connectivity index (χ3v) is 4.17. The first-order valence-corrected chi connectivity index (χ1v) is 6.93. The summed E-state index contributed by atoms with van der Waals surface area (Å²) in [5.74, 6) is 1.94. The van der Waals surface area contributed by atoms with E-state index in [4.69, 9.17) is 0 Å². The van der Waals surface area contributed by atoms with Gasteiger partial charge in [-0.3, -0.25) is 0 Å². The average Bonchev–Trinajstić information content (AvgIpc) is 2.61. The van der Waals surface area contributed by atoms with Gasteiger partial charge in [-0.15, -0.1) is 11.3 Å². The molecule has 0 saturated heterocycles. The second-order valence-electron chi connectivity index (χ2n) is 4.31. The number of anilines is 1. The van der Waals surface area contributed by atoms with E-state index in [-0.39, 0.29) is 0 Å². The molecular weight excluding hydrogens is 230 g/mol. The predicted molar refractivity (Wildman–Crippen MR) is 75.0 cm³/mol. The minimum Gasteiger partial charge on any atom is -0.372 e. The van der Waals surface area contributed by atoms with Gasteiger partial charge in [0.25, 0.3) is 0 Å². The van der Waals surface area contributed by atoms with Gasteiger partial charge in [0.1, 0.15) is 16.5 Å².